The van der Waals surface area contributed by atoms with Gasteiger partial charge in [-0.3, -0.25) is 0 Å². The molecule has 0 spiro atoms. The van der Waals surface area contributed by atoms with Gasteiger partial charge in [0.25, 0.3) is 0 Å². The summed E-state index contributed by atoms with van der Waals surface area (Å²) in [5, 5.41) is 18.1. The molecule has 5 nitrogen and oxygen atoms in total. The average molecular weight is 308 g/mol. The number of hydrogen-bond acceptors (Lipinski definition) is 4. The van der Waals surface area contributed by atoms with Crippen molar-refractivity contribution in [3.63, 3.8) is 0 Å². The summed E-state index contributed by atoms with van der Waals surface area (Å²) < 4.78 is 7.61. The van der Waals surface area contributed by atoms with Crippen molar-refractivity contribution in [2.45, 2.75) is 39.2 Å². The highest BCUT2D eigenvalue weighted by Crippen LogP contribution is 2.22. The highest BCUT2D eigenvalue weighted by Gasteiger charge is 2.17. The quantitative estimate of drug-likeness (QED) is 0.811. The van der Waals surface area contributed by atoms with Gasteiger partial charge >= 0.3 is 0 Å². The van der Waals surface area contributed by atoms with Gasteiger partial charge in [0.1, 0.15) is 17.6 Å². The van der Waals surface area contributed by atoms with Gasteiger partial charge in [0.05, 0.1) is 12.2 Å². The van der Waals surface area contributed by atoms with E-state index in [-0.39, 0.29) is 0 Å². The molecule has 3 rings (SSSR count). The van der Waals surface area contributed by atoms with Crippen LogP contribution in [0.25, 0.3) is 11.6 Å². The second kappa shape index (κ2) is 7.10. The SMILES string of the molecule is CCOc1cccc(/C=C(\C#N)c2nnc3n2CCCCC3)c1. The van der Waals surface area contributed by atoms with Gasteiger partial charge in [-0.1, -0.05) is 18.6 Å². The van der Waals surface area contributed by atoms with Crippen molar-refractivity contribution in [2.24, 2.45) is 0 Å². The van der Waals surface area contributed by atoms with Gasteiger partial charge in [-0.25, -0.2) is 0 Å². The highest BCUT2D eigenvalue weighted by atomic mass is 16.5. The Morgan fingerprint density at radius 1 is 1.35 bits per heavy atom. The lowest BCUT2D eigenvalue weighted by Gasteiger charge is -2.06. The van der Waals surface area contributed by atoms with Gasteiger partial charge < -0.3 is 9.30 Å². The minimum absolute atomic E-state index is 0.541. The smallest absolute Gasteiger partial charge is 0.174 e. The molecule has 0 N–H and O–H groups in total. The third-order valence-corrected chi connectivity index (χ3v) is 3.95. The van der Waals surface area contributed by atoms with Crippen molar-refractivity contribution < 1.29 is 4.74 Å². The maximum atomic E-state index is 9.57. The summed E-state index contributed by atoms with van der Waals surface area (Å²) in [5.74, 6) is 2.46. The van der Waals surface area contributed by atoms with Gasteiger partial charge in [0.15, 0.2) is 5.82 Å². The number of aryl methyl sites for hydroxylation is 1. The van der Waals surface area contributed by atoms with Gasteiger partial charge in [-0.15, -0.1) is 10.2 Å². The van der Waals surface area contributed by atoms with E-state index in [1.54, 1.807) is 0 Å². The fourth-order valence-corrected chi connectivity index (χ4v) is 2.86. The Morgan fingerprint density at radius 2 is 2.26 bits per heavy atom. The van der Waals surface area contributed by atoms with Crippen LogP contribution >= 0.6 is 0 Å². The Labute approximate surface area is 136 Å². The van der Waals surface area contributed by atoms with E-state index in [9.17, 15) is 5.26 Å². The zero-order chi connectivity index (χ0) is 16.1. The summed E-state index contributed by atoms with van der Waals surface area (Å²) in [5.41, 5.74) is 1.47. The molecule has 1 aromatic heterocycles. The van der Waals surface area contributed by atoms with Crippen LogP contribution in [0.3, 0.4) is 0 Å². The molecule has 0 unspecified atom stereocenters. The molecule has 2 heterocycles. The number of benzene rings is 1. The second-order valence-electron chi connectivity index (χ2n) is 5.58. The lowest BCUT2D eigenvalue weighted by atomic mass is 10.1. The average Bonchev–Trinajstić information content (AvgIpc) is 2.81. The Hall–Kier alpha value is -2.61. The van der Waals surface area contributed by atoms with Crippen molar-refractivity contribution in [3.8, 4) is 11.8 Å². The van der Waals surface area contributed by atoms with E-state index >= 15 is 0 Å². The van der Waals surface area contributed by atoms with Crippen LogP contribution in [0.5, 0.6) is 5.75 Å². The predicted molar refractivity (Wildman–Crippen MR) is 88.7 cm³/mol. The molecule has 0 fully saturated rings. The van der Waals surface area contributed by atoms with E-state index in [4.69, 9.17) is 4.74 Å². The zero-order valence-corrected chi connectivity index (χ0v) is 13.3. The first kappa shape index (κ1) is 15.3. The minimum Gasteiger partial charge on any atom is -0.494 e. The summed E-state index contributed by atoms with van der Waals surface area (Å²) in [6.07, 6.45) is 6.23. The standard InChI is InChI=1S/C18H20N4O/c1-2-23-16-8-6-7-14(12-16)11-15(13-19)18-21-20-17-9-4-3-5-10-22(17)18/h6-8,11-12H,2-5,9-10H2,1H3/b15-11+. The van der Waals surface area contributed by atoms with Crippen LogP contribution in [0.15, 0.2) is 24.3 Å². The van der Waals surface area contributed by atoms with E-state index in [0.717, 1.165) is 42.9 Å². The molecule has 1 aliphatic rings. The summed E-state index contributed by atoms with van der Waals surface area (Å²) in [6.45, 7) is 3.46. The van der Waals surface area contributed by atoms with Crippen molar-refractivity contribution in [3.05, 3.63) is 41.5 Å². The monoisotopic (exact) mass is 308 g/mol. The Kier molecular flexibility index (Phi) is 4.72. The molecule has 0 amide bonds. The number of ether oxygens (including phenoxy) is 1. The van der Waals surface area contributed by atoms with Crippen LogP contribution in [-0.2, 0) is 13.0 Å². The van der Waals surface area contributed by atoms with Crippen molar-refractivity contribution in [1.82, 2.24) is 14.8 Å². The molecule has 5 heteroatoms. The largest absolute Gasteiger partial charge is 0.494 e. The van der Waals surface area contributed by atoms with Crippen LogP contribution in [0, 0.1) is 11.3 Å². The number of hydrogen-bond donors (Lipinski definition) is 0. The molecule has 118 valence electrons. The van der Waals surface area contributed by atoms with E-state index < -0.39 is 0 Å². The van der Waals surface area contributed by atoms with Gasteiger partial charge in [0.2, 0.25) is 0 Å². The van der Waals surface area contributed by atoms with Crippen LogP contribution in [-0.4, -0.2) is 21.4 Å². The molecule has 0 bridgehead atoms. The molecule has 23 heavy (non-hydrogen) atoms. The third kappa shape index (κ3) is 3.42. The van der Waals surface area contributed by atoms with Crippen LogP contribution in [0.1, 0.15) is 43.4 Å². The van der Waals surface area contributed by atoms with Crippen LogP contribution < -0.4 is 4.74 Å². The fraction of sp³-hybridized carbons (Fsp3) is 0.389. The first-order valence-corrected chi connectivity index (χ1v) is 8.09. The first-order chi connectivity index (χ1) is 11.3. The highest BCUT2D eigenvalue weighted by molar-refractivity contribution is 5.87. The summed E-state index contributed by atoms with van der Waals surface area (Å²) >= 11 is 0. The van der Waals surface area contributed by atoms with E-state index in [2.05, 4.69) is 20.8 Å². The maximum Gasteiger partial charge on any atom is 0.174 e. The molecule has 0 atom stereocenters. The lowest BCUT2D eigenvalue weighted by Crippen LogP contribution is -2.05. The topological polar surface area (TPSA) is 63.7 Å². The van der Waals surface area contributed by atoms with Gasteiger partial charge in [0, 0.05) is 13.0 Å². The minimum atomic E-state index is 0.541. The van der Waals surface area contributed by atoms with E-state index in [0.29, 0.717) is 18.0 Å². The van der Waals surface area contributed by atoms with Crippen LogP contribution in [0.2, 0.25) is 0 Å². The fourth-order valence-electron chi connectivity index (χ4n) is 2.86. The Bertz CT molecular complexity index is 755. The molecular weight excluding hydrogens is 288 g/mol. The number of nitriles is 1. The summed E-state index contributed by atoms with van der Waals surface area (Å²) in [4.78, 5) is 0. The molecule has 0 radical (unpaired) electrons. The van der Waals surface area contributed by atoms with Crippen molar-refractivity contribution in [2.75, 3.05) is 6.61 Å². The maximum absolute atomic E-state index is 9.57. The molecule has 1 aliphatic heterocycles. The normalized spacial score (nSPS) is 14.7. The van der Waals surface area contributed by atoms with Gasteiger partial charge in [-0.05, 0) is 43.5 Å². The van der Waals surface area contributed by atoms with E-state index in [1.807, 2.05) is 37.3 Å². The lowest BCUT2D eigenvalue weighted by molar-refractivity contribution is 0.340. The molecule has 2 aromatic rings. The number of nitrogens with zero attached hydrogens (tertiary/aromatic N) is 4. The van der Waals surface area contributed by atoms with Crippen LogP contribution in [0.4, 0.5) is 0 Å². The zero-order valence-electron chi connectivity index (χ0n) is 13.3. The third-order valence-electron chi connectivity index (χ3n) is 3.95. The molecular formula is C18H20N4O. The number of rotatable bonds is 4. The van der Waals surface area contributed by atoms with Crippen molar-refractivity contribution in [1.29, 1.82) is 5.26 Å². The second-order valence-corrected chi connectivity index (χ2v) is 5.58. The number of fused-ring (bicyclic) bond motifs is 1. The predicted octanol–water partition coefficient (Wildman–Crippen LogP) is 3.47. The molecule has 1 aromatic carbocycles. The number of aromatic nitrogens is 3. The Morgan fingerprint density at radius 3 is 3.09 bits per heavy atom. The molecule has 0 aliphatic carbocycles. The summed E-state index contributed by atoms with van der Waals surface area (Å²) in [7, 11) is 0. The first-order valence-electron chi connectivity index (χ1n) is 8.09. The van der Waals surface area contributed by atoms with Gasteiger partial charge in [-0.2, -0.15) is 5.26 Å². The Balaban J connectivity index is 1.95. The van der Waals surface area contributed by atoms with E-state index in [1.165, 1.54) is 6.42 Å². The molecule has 0 saturated carbocycles. The summed E-state index contributed by atoms with van der Waals surface area (Å²) in [6, 6.07) is 10.0. The van der Waals surface area contributed by atoms with Crippen molar-refractivity contribution >= 4 is 11.6 Å². The molecule has 0 saturated heterocycles. The number of allylic oxidation sites excluding steroid dienone is 1.